The Kier molecular flexibility index (Phi) is 8.40. The summed E-state index contributed by atoms with van der Waals surface area (Å²) >= 11 is 5.95. The van der Waals surface area contributed by atoms with Crippen LogP contribution in [-0.4, -0.2) is 44.7 Å². The fourth-order valence-corrected chi connectivity index (χ4v) is 4.01. The number of carbonyl (C=O) groups excluding carboxylic acids is 1. The molecule has 0 spiro atoms. The molecule has 0 radical (unpaired) electrons. The lowest BCUT2D eigenvalue weighted by Crippen LogP contribution is -2.40. The van der Waals surface area contributed by atoms with Crippen LogP contribution in [0.25, 0.3) is 0 Å². The third kappa shape index (κ3) is 6.38. The molecular formula is C24H31ClN2O3. The molecule has 0 aliphatic carbocycles. The van der Waals surface area contributed by atoms with E-state index in [4.69, 9.17) is 21.1 Å². The molecule has 1 fully saturated rings. The van der Waals surface area contributed by atoms with E-state index in [0.29, 0.717) is 6.54 Å². The lowest BCUT2D eigenvalue weighted by atomic mass is 9.95. The van der Waals surface area contributed by atoms with Gasteiger partial charge in [-0.25, -0.2) is 0 Å². The van der Waals surface area contributed by atoms with Crippen molar-refractivity contribution in [2.75, 3.05) is 33.9 Å². The number of piperidine rings is 1. The SMILES string of the molecule is COc1ccc(CCCNC(=O)C2CCN(Cc3ccc(Cl)cc3)CC2)cc1OC. The van der Waals surface area contributed by atoms with Gasteiger partial charge in [0.15, 0.2) is 11.5 Å². The quantitative estimate of drug-likeness (QED) is 0.602. The van der Waals surface area contributed by atoms with E-state index in [1.54, 1.807) is 14.2 Å². The smallest absolute Gasteiger partial charge is 0.223 e. The summed E-state index contributed by atoms with van der Waals surface area (Å²) in [5.74, 6) is 1.78. The number of benzene rings is 2. The number of methoxy groups -OCH3 is 2. The molecule has 2 aromatic rings. The molecule has 0 atom stereocenters. The number of ether oxygens (including phenoxy) is 2. The Morgan fingerprint density at radius 3 is 2.37 bits per heavy atom. The Balaban J connectivity index is 1.35. The van der Waals surface area contributed by atoms with Crippen LogP contribution < -0.4 is 14.8 Å². The third-order valence-corrected chi connectivity index (χ3v) is 5.92. The zero-order valence-corrected chi connectivity index (χ0v) is 18.6. The van der Waals surface area contributed by atoms with Crippen LogP contribution in [-0.2, 0) is 17.8 Å². The molecule has 3 rings (SSSR count). The lowest BCUT2D eigenvalue weighted by Gasteiger charge is -2.31. The Bertz CT molecular complexity index is 818. The number of aryl methyl sites for hydroxylation is 1. The molecule has 2 aromatic carbocycles. The van der Waals surface area contributed by atoms with E-state index in [0.717, 1.165) is 61.8 Å². The molecule has 5 nitrogen and oxygen atoms in total. The third-order valence-electron chi connectivity index (χ3n) is 5.67. The summed E-state index contributed by atoms with van der Waals surface area (Å²) in [4.78, 5) is 14.9. The Morgan fingerprint density at radius 1 is 1.03 bits per heavy atom. The molecule has 1 heterocycles. The van der Waals surface area contributed by atoms with Crippen LogP contribution in [0.3, 0.4) is 0 Å². The number of carbonyl (C=O) groups is 1. The molecule has 1 aliphatic heterocycles. The van der Waals surface area contributed by atoms with Crippen molar-refractivity contribution < 1.29 is 14.3 Å². The highest BCUT2D eigenvalue weighted by Gasteiger charge is 2.24. The molecule has 30 heavy (non-hydrogen) atoms. The van der Waals surface area contributed by atoms with Crippen molar-refractivity contribution in [2.24, 2.45) is 5.92 Å². The standard InChI is InChI=1S/C24H31ClN2O3/c1-29-22-10-7-18(16-23(22)30-2)4-3-13-26-24(28)20-11-14-27(15-12-20)17-19-5-8-21(25)9-6-19/h5-10,16,20H,3-4,11-15,17H2,1-2H3,(H,26,28). The molecule has 1 saturated heterocycles. The highest BCUT2D eigenvalue weighted by Crippen LogP contribution is 2.28. The molecule has 1 N–H and O–H groups in total. The Hall–Kier alpha value is -2.24. The molecule has 1 aliphatic rings. The zero-order chi connectivity index (χ0) is 21.3. The summed E-state index contributed by atoms with van der Waals surface area (Å²) in [7, 11) is 3.28. The molecule has 0 aromatic heterocycles. The highest BCUT2D eigenvalue weighted by atomic mass is 35.5. The Labute approximate surface area is 184 Å². The summed E-state index contributed by atoms with van der Waals surface area (Å²) in [5.41, 5.74) is 2.44. The number of hydrogen-bond donors (Lipinski definition) is 1. The molecule has 0 bridgehead atoms. The van der Waals surface area contributed by atoms with Gasteiger partial charge in [0.25, 0.3) is 0 Å². The van der Waals surface area contributed by atoms with Gasteiger partial charge in [-0.15, -0.1) is 0 Å². The monoisotopic (exact) mass is 430 g/mol. The summed E-state index contributed by atoms with van der Waals surface area (Å²) in [5, 5.41) is 3.88. The minimum Gasteiger partial charge on any atom is -0.493 e. The van der Waals surface area contributed by atoms with Gasteiger partial charge in [0.05, 0.1) is 14.2 Å². The topological polar surface area (TPSA) is 50.8 Å². The summed E-state index contributed by atoms with van der Waals surface area (Å²) in [6.07, 6.45) is 3.61. The number of likely N-dealkylation sites (tertiary alicyclic amines) is 1. The Morgan fingerprint density at radius 2 is 1.70 bits per heavy atom. The zero-order valence-electron chi connectivity index (χ0n) is 17.8. The fraction of sp³-hybridized carbons (Fsp3) is 0.458. The second-order valence-corrected chi connectivity index (χ2v) is 8.20. The van der Waals surface area contributed by atoms with E-state index in [-0.39, 0.29) is 11.8 Å². The summed E-state index contributed by atoms with van der Waals surface area (Å²) < 4.78 is 10.6. The van der Waals surface area contributed by atoms with E-state index in [9.17, 15) is 4.79 Å². The number of amides is 1. The van der Waals surface area contributed by atoms with Crippen LogP contribution in [0.15, 0.2) is 42.5 Å². The van der Waals surface area contributed by atoms with Crippen molar-refractivity contribution in [1.29, 1.82) is 0 Å². The van der Waals surface area contributed by atoms with E-state index < -0.39 is 0 Å². The summed E-state index contributed by atoms with van der Waals surface area (Å²) in [6.45, 7) is 3.51. The van der Waals surface area contributed by atoms with E-state index >= 15 is 0 Å². The minimum atomic E-state index is 0.118. The first kappa shape index (κ1) is 22.4. The summed E-state index contributed by atoms with van der Waals surface area (Å²) in [6, 6.07) is 14.0. The first-order valence-electron chi connectivity index (χ1n) is 10.5. The van der Waals surface area contributed by atoms with Crippen molar-refractivity contribution >= 4 is 17.5 Å². The van der Waals surface area contributed by atoms with Crippen molar-refractivity contribution in [1.82, 2.24) is 10.2 Å². The second-order valence-electron chi connectivity index (χ2n) is 7.76. The van der Waals surface area contributed by atoms with Crippen LogP contribution >= 0.6 is 11.6 Å². The molecule has 162 valence electrons. The first-order chi connectivity index (χ1) is 14.6. The van der Waals surface area contributed by atoms with Gasteiger partial charge in [-0.3, -0.25) is 9.69 Å². The molecule has 6 heteroatoms. The van der Waals surface area contributed by atoms with Gasteiger partial charge in [0.1, 0.15) is 0 Å². The van der Waals surface area contributed by atoms with Crippen LogP contribution in [0.2, 0.25) is 5.02 Å². The maximum absolute atomic E-state index is 12.5. The number of hydrogen-bond acceptors (Lipinski definition) is 4. The molecule has 1 amide bonds. The highest BCUT2D eigenvalue weighted by molar-refractivity contribution is 6.30. The maximum atomic E-state index is 12.5. The second kappa shape index (κ2) is 11.2. The molecule has 0 saturated carbocycles. The average Bonchev–Trinajstić information content (AvgIpc) is 2.78. The first-order valence-corrected chi connectivity index (χ1v) is 10.9. The number of rotatable bonds is 9. The number of halogens is 1. The average molecular weight is 431 g/mol. The fourth-order valence-electron chi connectivity index (χ4n) is 3.89. The minimum absolute atomic E-state index is 0.118. The number of nitrogens with zero attached hydrogens (tertiary/aromatic N) is 1. The van der Waals surface area contributed by atoms with Crippen LogP contribution in [0.1, 0.15) is 30.4 Å². The predicted molar refractivity (Wildman–Crippen MR) is 120 cm³/mol. The van der Waals surface area contributed by atoms with Crippen LogP contribution in [0.5, 0.6) is 11.5 Å². The normalized spacial score (nSPS) is 15.0. The largest absolute Gasteiger partial charge is 0.493 e. The van der Waals surface area contributed by atoms with Gasteiger partial charge < -0.3 is 14.8 Å². The molecular weight excluding hydrogens is 400 g/mol. The maximum Gasteiger partial charge on any atom is 0.223 e. The number of nitrogens with one attached hydrogen (secondary N) is 1. The van der Waals surface area contributed by atoms with Gasteiger partial charge >= 0.3 is 0 Å². The van der Waals surface area contributed by atoms with Gasteiger partial charge in [-0.05, 0) is 74.2 Å². The van der Waals surface area contributed by atoms with E-state index in [1.165, 1.54) is 11.1 Å². The van der Waals surface area contributed by atoms with Gasteiger partial charge in [0, 0.05) is 24.0 Å². The van der Waals surface area contributed by atoms with Gasteiger partial charge in [-0.2, -0.15) is 0 Å². The van der Waals surface area contributed by atoms with Crippen molar-refractivity contribution in [3.8, 4) is 11.5 Å². The lowest BCUT2D eigenvalue weighted by molar-refractivity contribution is -0.126. The molecule has 0 unspecified atom stereocenters. The van der Waals surface area contributed by atoms with Crippen molar-refractivity contribution in [2.45, 2.75) is 32.2 Å². The predicted octanol–water partition coefficient (Wildman–Crippen LogP) is 4.32. The van der Waals surface area contributed by atoms with Crippen molar-refractivity contribution in [3.63, 3.8) is 0 Å². The van der Waals surface area contributed by atoms with E-state index in [2.05, 4.69) is 22.3 Å². The van der Waals surface area contributed by atoms with Crippen LogP contribution in [0.4, 0.5) is 0 Å². The van der Waals surface area contributed by atoms with E-state index in [1.807, 2.05) is 30.3 Å². The van der Waals surface area contributed by atoms with Crippen molar-refractivity contribution in [3.05, 3.63) is 58.6 Å². The van der Waals surface area contributed by atoms with Crippen LogP contribution in [0, 0.1) is 5.92 Å². The van der Waals surface area contributed by atoms with Gasteiger partial charge in [-0.1, -0.05) is 29.8 Å². The van der Waals surface area contributed by atoms with Gasteiger partial charge in [0.2, 0.25) is 5.91 Å².